The highest BCUT2D eigenvalue weighted by Crippen LogP contribution is 2.25. The van der Waals surface area contributed by atoms with Crippen molar-refractivity contribution in [3.63, 3.8) is 0 Å². The Kier molecular flexibility index (Phi) is 6.63. The number of nitrogens with zero attached hydrogens (tertiary/aromatic N) is 1. The summed E-state index contributed by atoms with van der Waals surface area (Å²) in [7, 11) is 0. The van der Waals surface area contributed by atoms with Gasteiger partial charge in [-0.1, -0.05) is 61.0 Å². The van der Waals surface area contributed by atoms with E-state index in [1.54, 1.807) is 0 Å². The van der Waals surface area contributed by atoms with Gasteiger partial charge < -0.3 is 10.4 Å². The van der Waals surface area contributed by atoms with Gasteiger partial charge in [-0.25, -0.2) is 0 Å². The summed E-state index contributed by atoms with van der Waals surface area (Å²) in [6, 6.07) is 19.6. The highest BCUT2D eigenvalue weighted by Gasteiger charge is 2.28. The maximum absolute atomic E-state index is 12.5. The molecule has 1 saturated carbocycles. The van der Waals surface area contributed by atoms with Crippen LogP contribution >= 0.6 is 0 Å². The second-order valence-corrected chi connectivity index (χ2v) is 8.64. The Hall–Kier alpha value is -2.17. The SMILES string of the molecule is O=C(NC1CCN(Cc2ccc(-c3ccccc3)cc2)CC1)[C@@H]1CCC[C@H](O)C1. The average Bonchev–Trinajstić information content (AvgIpc) is 2.76. The molecule has 4 heteroatoms. The molecule has 154 valence electrons. The lowest BCUT2D eigenvalue weighted by Crippen LogP contribution is -2.46. The Morgan fingerprint density at radius 2 is 1.62 bits per heavy atom. The van der Waals surface area contributed by atoms with E-state index >= 15 is 0 Å². The molecule has 2 aromatic carbocycles. The maximum atomic E-state index is 12.5. The molecule has 2 atom stereocenters. The summed E-state index contributed by atoms with van der Waals surface area (Å²) in [6.45, 7) is 2.99. The Balaban J connectivity index is 1.23. The Morgan fingerprint density at radius 3 is 2.31 bits per heavy atom. The number of carbonyl (C=O) groups is 1. The van der Waals surface area contributed by atoms with Gasteiger partial charge in [0.2, 0.25) is 5.91 Å². The highest BCUT2D eigenvalue weighted by molar-refractivity contribution is 5.79. The third-order valence-corrected chi connectivity index (χ3v) is 6.42. The van der Waals surface area contributed by atoms with Crippen LogP contribution in [-0.4, -0.2) is 41.1 Å². The van der Waals surface area contributed by atoms with Gasteiger partial charge in [0.15, 0.2) is 0 Å². The van der Waals surface area contributed by atoms with Gasteiger partial charge in [0.05, 0.1) is 6.10 Å². The first-order chi connectivity index (χ1) is 14.2. The molecule has 1 aliphatic heterocycles. The van der Waals surface area contributed by atoms with Gasteiger partial charge in [0.1, 0.15) is 0 Å². The zero-order chi connectivity index (χ0) is 20.1. The minimum atomic E-state index is -0.297. The van der Waals surface area contributed by atoms with Gasteiger partial charge in [0, 0.05) is 31.6 Å². The molecule has 0 radical (unpaired) electrons. The van der Waals surface area contributed by atoms with E-state index in [4.69, 9.17) is 0 Å². The van der Waals surface area contributed by atoms with E-state index in [0.717, 1.165) is 51.7 Å². The van der Waals surface area contributed by atoms with E-state index < -0.39 is 0 Å². The normalized spacial score (nSPS) is 23.6. The lowest BCUT2D eigenvalue weighted by atomic mass is 9.86. The van der Waals surface area contributed by atoms with E-state index in [1.165, 1.54) is 16.7 Å². The van der Waals surface area contributed by atoms with Crippen LogP contribution in [0.1, 0.15) is 44.1 Å². The first-order valence-corrected chi connectivity index (χ1v) is 11.0. The lowest BCUT2D eigenvalue weighted by molar-refractivity contribution is -0.128. The van der Waals surface area contributed by atoms with Crippen LogP contribution in [0.2, 0.25) is 0 Å². The Labute approximate surface area is 173 Å². The van der Waals surface area contributed by atoms with E-state index in [-0.39, 0.29) is 24.0 Å². The van der Waals surface area contributed by atoms with Crippen molar-refractivity contribution in [3.8, 4) is 11.1 Å². The molecule has 2 aromatic rings. The standard InChI is InChI=1S/C25H32N2O2/c28-24-8-4-7-22(17-24)25(29)26-23-13-15-27(16-14-23)18-19-9-11-21(12-10-19)20-5-2-1-3-6-20/h1-3,5-6,9-12,22-24,28H,4,7-8,13-18H2,(H,26,29)/t22-,24+/m1/s1. The zero-order valence-electron chi connectivity index (χ0n) is 17.1. The predicted octanol–water partition coefficient (Wildman–Crippen LogP) is 3.99. The van der Waals surface area contributed by atoms with Crippen molar-refractivity contribution in [2.75, 3.05) is 13.1 Å². The van der Waals surface area contributed by atoms with Crippen LogP contribution < -0.4 is 5.32 Å². The number of benzene rings is 2. The minimum absolute atomic E-state index is 0.0000845. The van der Waals surface area contributed by atoms with E-state index in [9.17, 15) is 9.90 Å². The first-order valence-electron chi connectivity index (χ1n) is 11.0. The maximum Gasteiger partial charge on any atom is 0.223 e. The van der Waals surface area contributed by atoms with Crippen molar-refractivity contribution in [3.05, 3.63) is 60.2 Å². The Bertz CT molecular complexity index is 782. The van der Waals surface area contributed by atoms with Crippen molar-refractivity contribution >= 4 is 5.91 Å². The zero-order valence-corrected chi connectivity index (χ0v) is 17.1. The summed E-state index contributed by atoms with van der Waals surface area (Å²) < 4.78 is 0. The molecule has 2 N–H and O–H groups in total. The second-order valence-electron chi connectivity index (χ2n) is 8.64. The monoisotopic (exact) mass is 392 g/mol. The molecule has 1 saturated heterocycles. The molecule has 4 rings (SSSR count). The third-order valence-electron chi connectivity index (χ3n) is 6.42. The number of aliphatic hydroxyl groups is 1. The average molecular weight is 393 g/mol. The van der Waals surface area contributed by atoms with Crippen molar-refractivity contribution < 1.29 is 9.90 Å². The molecule has 1 amide bonds. The van der Waals surface area contributed by atoms with Gasteiger partial charge in [0.25, 0.3) is 0 Å². The van der Waals surface area contributed by atoms with Crippen LogP contribution in [0.5, 0.6) is 0 Å². The molecular formula is C25H32N2O2. The second kappa shape index (κ2) is 9.55. The number of rotatable bonds is 5. The molecule has 2 fully saturated rings. The van der Waals surface area contributed by atoms with Crippen LogP contribution in [0.15, 0.2) is 54.6 Å². The molecule has 1 heterocycles. The third kappa shape index (κ3) is 5.46. The minimum Gasteiger partial charge on any atom is -0.393 e. The number of amides is 1. The fourth-order valence-corrected chi connectivity index (χ4v) is 4.65. The van der Waals surface area contributed by atoms with Crippen molar-refractivity contribution in [2.24, 2.45) is 5.92 Å². The molecule has 0 bridgehead atoms. The number of hydrogen-bond acceptors (Lipinski definition) is 3. The quantitative estimate of drug-likeness (QED) is 0.809. The molecule has 4 nitrogen and oxygen atoms in total. The van der Waals surface area contributed by atoms with Crippen molar-refractivity contribution in [2.45, 2.75) is 57.2 Å². The van der Waals surface area contributed by atoms with E-state index in [2.05, 4.69) is 58.7 Å². The number of hydrogen-bond donors (Lipinski definition) is 2. The smallest absolute Gasteiger partial charge is 0.223 e. The molecule has 0 aromatic heterocycles. The number of nitrogens with one attached hydrogen (secondary N) is 1. The highest BCUT2D eigenvalue weighted by atomic mass is 16.3. The van der Waals surface area contributed by atoms with Gasteiger partial charge >= 0.3 is 0 Å². The molecular weight excluding hydrogens is 360 g/mol. The summed E-state index contributed by atoms with van der Waals surface area (Å²) >= 11 is 0. The molecule has 2 aliphatic rings. The number of carbonyl (C=O) groups excluding carboxylic acids is 1. The van der Waals surface area contributed by atoms with E-state index in [1.807, 2.05) is 6.07 Å². The summed E-state index contributed by atoms with van der Waals surface area (Å²) in [5.74, 6) is 0.151. The molecule has 0 unspecified atom stereocenters. The number of aliphatic hydroxyl groups excluding tert-OH is 1. The fourth-order valence-electron chi connectivity index (χ4n) is 4.65. The topological polar surface area (TPSA) is 52.6 Å². The summed E-state index contributed by atoms with van der Waals surface area (Å²) in [6.07, 6.45) is 5.06. The number of piperidine rings is 1. The number of likely N-dealkylation sites (tertiary alicyclic amines) is 1. The first kappa shape index (κ1) is 20.1. The fraction of sp³-hybridized carbons (Fsp3) is 0.480. The lowest BCUT2D eigenvalue weighted by Gasteiger charge is -2.34. The van der Waals surface area contributed by atoms with Gasteiger partial charge in [-0.05, 0) is 48.8 Å². The van der Waals surface area contributed by atoms with Crippen molar-refractivity contribution in [1.29, 1.82) is 0 Å². The summed E-state index contributed by atoms with van der Waals surface area (Å²) in [5.41, 5.74) is 3.84. The predicted molar refractivity (Wildman–Crippen MR) is 116 cm³/mol. The van der Waals surface area contributed by atoms with E-state index in [0.29, 0.717) is 6.42 Å². The van der Waals surface area contributed by atoms with Crippen LogP contribution in [-0.2, 0) is 11.3 Å². The van der Waals surface area contributed by atoms with Crippen LogP contribution in [0, 0.1) is 5.92 Å². The van der Waals surface area contributed by atoms with Crippen LogP contribution in [0.3, 0.4) is 0 Å². The summed E-state index contributed by atoms with van der Waals surface area (Å²) in [5, 5.41) is 13.0. The molecule has 0 spiro atoms. The van der Waals surface area contributed by atoms with Gasteiger partial charge in [-0.3, -0.25) is 9.69 Å². The van der Waals surface area contributed by atoms with Crippen LogP contribution in [0.25, 0.3) is 11.1 Å². The van der Waals surface area contributed by atoms with Gasteiger partial charge in [-0.2, -0.15) is 0 Å². The summed E-state index contributed by atoms with van der Waals surface area (Å²) in [4.78, 5) is 15.0. The van der Waals surface area contributed by atoms with Gasteiger partial charge in [-0.15, -0.1) is 0 Å². The van der Waals surface area contributed by atoms with Crippen LogP contribution in [0.4, 0.5) is 0 Å². The molecule has 29 heavy (non-hydrogen) atoms. The van der Waals surface area contributed by atoms with Crippen molar-refractivity contribution in [1.82, 2.24) is 10.2 Å². The molecule has 1 aliphatic carbocycles. The Morgan fingerprint density at radius 1 is 0.931 bits per heavy atom. The largest absolute Gasteiger partial charge is 0.393 e.